The van der Waals surface area contributed by atoms with E-state index >= 15 is 0 Å². The predicted octanol–water partition coefficient (Wildman–Crippen LogP) is 6.59. The van der Waals surface area contributed by atoms with E-state index in [1.54, 1.807) is 13.3 Å². The molecule has 0 amide bonds. The lowest BCUT2D eigenvalue weighted by Gasteiger charge is -2.07. The molecule has 0 unspecified atom stereocenters. The Morgan fingerprint density at radius 3 is 2.45 bits per heavy atom. The van der Waals surface area contributed by atoms with Crippen molar-refractivity contribution < 1.29 is 9.47 Å². The number of methoxy groups -OCH3 is 1. The highest BCUT2D eigenvalue weighted by Gasteiger charge is 2.09. The summed E-state index contributed by atoms with van der Waals surface area (Å²) in [7, 11) is 1.63. The Morgan fingerprint density at radius 2 is 1.71 bits per heavy atom. The third-order valence-electron chi connectivity index (χ3n) is 4.44. The van der Waals surface area contributed by atoms with Crippen molar-refractivity contribution in [3.05, 3.63) is 95.5 Å². The van der Waals surface area contributed by atoms with E-state index in [1.807, 2.05) is 84.2 Å². The molecule has 4 aromatic rings. The second-order valence-corrected chi connectivity index (χ2v) is 7.38. The molecule has 0 aliphatic heterocycles. The van der Waals surface area contributed by atoms with E-state index in [1.165, 1.54) is 11.3 Å². The Labute approximate surface area is 184 Å². The zero-order valence-corrected chi connectivity index (χ0v) is 17.6. The Kier molecular flexibility index (Phi) is 6.26. The molecule has 0 fully saturated rings. The van der Waals surface area contributed by atoms with Crippen LogP contribution in [0.1, 0.15) is 5.01 Å². The Balaban J connectivity index is 1.45. The first kappa shape index (κ1) is 20.2. The molecule has 0 radical (unpaired) electrons. The second-order valence-electron chi connectivity index (χ2n) is 6.52. The lowest BCUT2D eigenvalue weighted by molar-refractivity contribution is 0.415. The van der Waals surface area contributed by atoms with Crippen LogP contribution < -0.4 is 14.8 Å². The standard InChI is InChI=1S/C25H19N3O2S/c1-29-23-9-5-6-18(14-23)24-17-31-25(28-24)19(15-26)16-27-20-10-12-22(13-11-20)30-21-7-3-2-4-8-21/h2-14,16-17,27H,1H3. The molecule has 0 aliphatic carbocycles. The van der Waals surface area contributed by atoms with Crippen molar-refractivity contribution in [3.63, 3.8) is 0 Å². The Morgan fingerprint density at radius 1 is 0.968 bits per heavy atom. The first-order valence-electron chi connectivity index (χ1n) is 9.55. The average molecular weight is 426 g/mol. The molecule has 0 saturated heterocycles. The van der Waals surface area contributed by atoms with Crippen LogP contribution in [0.4, 0.5) is 5.69 Å². The zero-order valence-electron chi connectivity index (χ0n) is 16.8. The third kappa shape index (κ3) is 5.10. The summed E-state index contributed by atoms with van der Waals surface area (Å²) in [6, 6.07) is 27.1. The minimum atomic E-state index is 0.462. The van der Waals surface area contributed by atoms with Gasteiger partial charge in [0.1, 0.15) is 33.9 Å². The lowest BCUT2D eigenvalue weighted by Crippen LogP contribution is -1.91. The predicted molar refractivity (Wildman–Crippen MR) is 124 cm³/mol. The highest BCUT2D eigenvalue weighted by atomic mass is 32.1. The van der Waals surface area contributed by atoms with Crippen LogP contribution in [-0.4, -0.2) is 12.1 Å². The van der Waals surface area contributed by atoms with E-state index in [9.17, 15) is 5.26 Å². The third-order valence-corrected chi connectivity index (χ3v) is 5.31. The smallest absolute Gasteiger partial charge is 0.136 e. The van der Waals surface area contributed by atoms with Crippen LogP contribution in [0.3, 0.4) is 0 Å². The van der Waals surface area contributed by atoms with Gasteiger partial charge in [-0.3, -0.25) is 0 Å². The molecule has 1 aromatic heterocycles. The molecule has 6 heteroatoms. The summed E-state index contributed by atoms with van der Waals surface area (Å²) in [5.74, 6) is 2.29. The number of ether oxygens (including phenoxy) is 2. The fourth-order valence-electron chi connectivity index (χ4n) is 2.85. The molecule has 0 spiro atoms. The number of nitrogens with one attached hydrogen (secondary N) is 1. The van der Waals surface area contributed by atoms with Gasteiger partial charge in [-0.25, -0.2) is 4.98 Å². The van der Waals surface area contributed by atoms with E-state index in [-0.39, 0.29) is 0 Å². The van der Waals surface area contributed by atoms with Crippen molar-refractivity contribution in [2.24, 2.45) is 0 Å². The van der Waals surface area contributed by atoms with Gasteiger partial charge in [-0.15, -0.1) is 11.3 Å². The SMILES string of the molecule is COc1cccc(-c2csc(C(C#N)=CNc3ccc(Oc4ccccc4)cc3)n2)c1. The molecule has 3 aromatic carbocycles. The number of rotatable bonds is 7. The number of nitriles is 1. The van der Waals surface area contributed by atoms with Gasteiger partial charge in [0.2, 0.25) is 0 Å². The van der Waals surface area contributed by atoms with Gasteiger partial charge >= 0.3 is 0 Å². The molecule has 152 valence electrons. The van der Waals surface area contributed by atoms with Crippen LogP contribution in [-0.2, 0) is 0 Å². The number of hydrogen-bond donors (Lipinski definition) is 1. The summed E-state index contributed by atoms with van der Waals surface area (Å²) in [4.78, 5) is 4.61. The van der Waals surface area contributed by atoms with E-state index in [4.69, 9.17) is 9.47 Å². The van der Waals surface area contributed by atoms with Gasteiger partial charge in [0, 0.05) is 22.8 Å². The van der Waals surface area contributed by atoms with Crippen LogP contribution in [0.2, 0.25) is 0 Å². The van der Waals surface area contributed by atoms with Crippen LogP contribution in [0.15, 0.2) is 90.4 Å². The van der Waals surface area contributed by atoms with Crippen molar-refractivity contribution in [1.82, 2.24) is 4.98 Å². The Bertz CT molecular complexity index is 1230. The maximum Gasteiger partial charge on any atom is 0.136 e. The molecule has 31 heavy (non-hydrogen) atoms. The first-order chi connectivity index (χ1) is 15.2. The summed E-state index contributed by atoms with van der Waals surface area (Å²) < 4.78 is 11.1. The van der Waals surface area contributed by atoms with Gasteiger partial charge in [-0.05, 0) is 48.5 Å². The molecule has 0 bridgehead atoms. The molecule has 0 aliphatic rings. The summed E-state index contributed by atoms with van der Waals surface area (Å²) >= 11 is 1.43. The van der Waals surface area contributed by atoms with Gasteiger partial charge < -0.3 is 14.8 Å². The summed E-state index contributed by atoms with van der Waals surface area (Å²) in [6.07, 6.45) is 1.67. The van der Waals surface area contributed by atoms with Gasteiger partial charge in [0.25, 0.3) is 0 Å². The molecular formula is C25H19N3O2S. The quantitative estimate of drug-likeness (QED) is 0.338. The number of aromatic nitrogens is 1. The maximum atomic E-state index is 9.60. The van der Waals surface area contributed by atoms with E-state index in [0.717, 1.165) is 34.2 Å². The van der Waals surface area contributed by atoms with E-state index in [2.05, 4.69) is 16.4 Å². The molecule has 0 atom stereocenters. The van der Waals surface area contributed by atoms with Crippen LogP contribution in [0, 0.1) is 11.3 Å². The molecular weight excluding hydrogens is 406 g/mol. The van der Waals surface area contributed by atoms with Gasteiger partial charge in [0.05, 0.1) is 12.8 Å². The number of nitrogens with zero attached hydrogens (tertiary/aromatic N) is 2. The van der Waals surface area contributed by atoms with Crippen LogP contribution >= 0.6 is 11.3 Å². The first-order valence-corrected chi connectivity index (χ1v) is 10.4. The summed E-state index contributed by atoms with van der Waals surface area (Å²) in [6.45, 7) is 0. The van der Waals surface area contributed by atoms with Crippen LogP contribution in [0.25, 0.3) is 16.8 Å². The van der Waals surface area contributed by atoms with Crippen molar-refractivity contribution >= 4 is 22.6 Å². The monoisotopic (exact) mass is 425 g/mol. The zero-order chi connectivity index (χ0) is 21.5. The van der Waals surface area contributed by atoms with E-state index < -0.39 is 0 Å². The second kappa shape index (κ2) is 9.61. The molecule has 1 N–H and O–H groups in total. The average Bonchev–Trinajstić information content (AvgIpc) is 3.31. The maximum absolute atomic E-state index is 9.60. The van der Waals surface area contributed by atoms with Gasteiger partial charge in [-0.1, -0.05) is 30.3 Å². The summed E-state index contributed by atoms with van der Waals surface area (Å²) in [5, 5.41) is 15.3. The highest BCUT2D eigenvalue weighted by Crippen LogP contribution is 2.28. The molecule has 0 saturated carbocycles. The summed E-state index contributed by atoms with van der Waals surface area (Å²) in [5.41, 5.74) is 3.06. The van der Waals surface area contributed by atoms with Crippen LogP contribution in [0.5, 0.6) is 17.2 Å². The minimum absolute atomic E-state index is 0.462. The van der Waals surface area contributed by atoms with Crippen molar-refractivity contribution in [2.45, 2.75) is 0 Å². The Hall–Kier alpha value is -4.08. The topological polar surface area (TPSA) is 67.2 Å². The molecule has 4 rings (SSSR count). The minimum Gasteiger partial charge on any atom is -0.497 e. The van der Waals surface area contributed by atoms with E-state index in [0.29, 0.717) is 10.6 Å². The van der Waals surface area contributed by atoms with Crippen molar-refractivity contribution in [1.29, 1.82) is 5.26 Å². The highest BCUT2D eigenvalue weighted by molar-refractivity contribution is 7.11. The fourth-order valence-corrected chi connectivity index (χ4v) is 3.65. The van der Waals surface area contributed by atoms with Crippen molar-refractivity contribution in [3.8, 4) is 34.6 Å². The number of thiazole rings is 1. The van der Waals surface area contributed by atoms with Gasteiger partial charge in [0.15, 0.2) is 0 Å². The number of hydrogen-bond acceptors (Lipinski definition) is 6. The fraction of sp³-hybridized carbons (Fsp3) is 0.0400. The van der Waals surface area contributed by atoms with Gasteiger partial charge in [-0.2, -0.15) is 5.26 Å². The number of allylic oxidation sites excluding steroid dienone is 1. The normalized spacial score (nSPS) is 10.9. The lowest BCUT2D eigenvalue weighted by atomic mass is 10.1. The molecule has 5 nitrogen and oxygen atoms in total. The largest absolute Gasteiger partial charge is 0.497 e. The number of para-hydroxylation sites is 1. The number of anilines is 1. The molecule has 1 heterocycles. The van der Waals surface area contributed by atoms with Crippen molar-refractivity contribution in [2.75, 3.05) is 12.4 Å². The number of benzene rings is 3.